The number of benzene rings is 1. The molecule has 0 radical (unpaired) electrons. The van der Waals surface area contributed by atoms with E-state index < -0.39 is 0 Å². The molecule has 0 saturated carbocycles. The molecule has 1 aromatic heterocycles. The fraction of sp³-hybridized carbons (Fsp3) is 0.231. The molecule has 3 heteroatoms. The molecule has 3 nitrogen and oxygen atoms in total. The Morgan fingerprint density at radius 1 is 1.31 bits per heavy atom. The second-order valence-electron chi connectivity index (χ2n) is 3.62. The maximum absolute atomic E-state index is 11.0. The molecule has 1 heterocycles. The zero-order valence-electron chi connectivity index (χ0n) is 8.87. The van der Waals surface area contributed by atoms with E-state index in [4.69, 9.17) is 4.42 Å². The molecule has 82 valence electrons. The summed E-state index contributed by atoms with van der Waals surface area (Å²) in [6.07, 6.45) is 5.57. The van der Waals surface area contributed by atoms with Crippen LogP contribution in [0.1, 0.15) is 23.8 Å². The van der Waals surface area contributed by atoms with Crippen molar-refractivity contribution < 1.29 is 9.21 Å². The van der Waals surface area contributed by atoms with E-state index in [9.17, 15) is 4.79 Å². The van der Waals surface area contributed by atoms with Crippen LogP contribution < -0.4 is 0 Å². The van der Waals surface area contributed by atoms with E-state index in [1.165, 1.54) is 0 Å². The van der Waals surface area contributed by atoms with Gasteiger partial charge < -0.3 is 9.21 Å². The van der Waals surface area contributed by atoms with Gasteiger partial charge in [0.25, 0.3) is 0 Å². The first kappa shape index (κ1) is 10.6. The van der Waals surface area contributed by atoms with Crippen LogP contribution in [0.15, 0.2) is 47.2 Å². The van der Waals surface area contributed by atoms with Gasteiger partial charge in [0.15, 0.2) is 5.89 Å². The highest BCUT2D eigenvalue weighted by Gasteiger charge is 2.11. The SMILES string of the molecule is O=CC(CCc1ncco1)c1ccccc1. The lowest BCUT2D eigenvalue weighted by molar-refractivity contribution is -0.109. The summed E-state index contributed by atoms with van der Waals surface area (Å²) in [5.74, 6) is 0.607. The van der Waals surface area contributed by atoms with Crippen LogP contribution in [0, 0.1) is 0 Å². The predicted octanol–water partition coefficient (Wildman–Crippen LogP) is 2.59. The first-order chi connectivity index (χ1) is 7.90. The van der Waals surface area contributed by atoms with Gasteiger partial charge in [0.2, 0.25) is 0 Å². The maximum Gasteiger partial charge on any atom is 0.193 e. The molecule has 1 atom stereocenters. The predicted molar refractivity (Wildman–Crippen MR) is 60.1 cm³/mol. The number of carbonyl (C=O) groups is 1. The van der Waals surface area contributed by atoms with Crippen LogP contribution in [0.4, 0.5) is 0 Å². The normalized spacial score (nSPS) is 12.2. The second kappa shape index (κ2) is 5.26. The third-order valence-corrected chi connectivity index (χ3v) is 2.54. The summed E-state index contributed by atoms with van der Waals surface area (Å²) in [5.41, 5.74) is 1.05. The fourth-order valence-corrected chi connectivity index (χ4v) is 1.67. The molecule has 16 heavy (non-hydrogen) atoms. The van der Waals surface area contributed by atoms with Gasteiger partial charge in [-0.15, -0.1) is 0 Å². The van der Waals surface area contributed by atoms with Gasteiger partial charge in [-0.25, -0.2) is 4.98 Å². The standard InChI is InChI=1S/C13H13NO2/c15-10-12(11-4-2-1-3-5-11)6-7-13-14-8-9-16-13/h1-5,8-10,12H,6-7H2. The maximum atomic E-state index is 11.0. The Morgan fingerprint density at radius 3 is 2.75 bits per heavy atom. The molecule has 0 spiro atoms. The Labute approximate surface area is 94.1 Å². The van der Waals surface area contributed by atoms with Crippen LogP contribution in [-0.2, 0) is 11.2 Å². The molecule has 0 aliphatic heterocycles. The summed E-state index contributed by atoms with van der Waals surface area (Å²) in [5, 5.41) is 0. The van der Waals surface area contributed by atoms with E-state index in [-0.39, 0.29) is 5.92 Å². The molecule has 0 aliphatic carbocycles. The van der Waals surface area contributed by atoms with Crippen LogP contribution in [0.3, 0.4) is 0 Å². The highest BCUT2D eigenvalue weighted by Crippen LogP contribution is 2.18. The molecule has 1 unspecified atom stereocenters. The lowest BCUT2D eigenvalue weighted by atomic mass is 9.96. The average Bonchev–Trinajstić information content (AvgIpc) is 2.84. The summed E-state index contributed by atoms with van der Waals surface area (Å²) < 4.78 is 5.14. The third kappa shape index (κ3) is 2.57. The molecule has 1 aromatic carbocycles. The van der Waals surface area contributed by atoms with Crippen molar-refractivity contribution in [2.75, 3.05) is 0 Å². The molecule has 2 rings (SSSR count). The van der Waals surface area contributed by atoms with Crippen LogP contribution in [0.5, 0.6) is 0 Å². The molecule has 0 N–H and O–H groups in total. The zero-order chi connectivity index (χ0) is 11.2. The van der Waals surface area contributed by atoms with E-state index in [2.05, 4.69) is 4.98 Å². The highest BCUT2D eigenvalue weighted by molar-refractivity contribution is 5.61. The van der Waals surface area contributed by atoms with Gasteiger partial charge in [-0.2, -0.15) is 0 Å². The smallest absolute Gasteiger partial charge is 0.193 e. The highest BCUT2D eigenvalue weighted by atomic mass is 16.3. The zero-order valence-corrected chi connectivity index (χ0v) is 8.87. The molecule has 0 bridgehead atoms. The van der Waals surface area contributed by atoms with Crippen molar-refractivity contribution in [2.24, 2.45) is 0 Å². The van der Waals surface area contributed by atoms with Crippen LogP contribution in [-0.4, -0.2) is 11.3 Å². The van der Waals surface area contributed by atoms with E-state index in [1.807, 2.05) is 30.3 Å². The van der Waals surface area contributed by atoms with Crippen molar-refractivity contribution in [2.45, 2.75) is 18.8 Å². The number of rotatable bonds is 5. The van der Waals surface area contributed by atoms with Crippen molar-refractivity contribution in [1.82, 2.24) is 4.98 Å². The van der Waals surface area contributed by atoms with Crippen molar-refractivity contribution in [3.63, 3.8) is 0 Å². The van der Waals surface area contributed by atoms with Gasteiger partial charge in [0, 0.05) is 12.3 Å². The first-order valence-electron chi connectivity index (χ1n) is 5.29. The lowest BCUT2D eigenvalue weighted by Crippen LogP contribution is -2.02. The molecule has 0 saturated heterocycles. The Morgan fingerprint density at radius 2 is 2.12 bits per heavy atom. The molecule has 0 fully saturated rings. The Hall–Kier alpha value is -1.90. The largest absolute Gasteiger partial charge is 0.449 e. The van der Waals surface area contributed by atoms with Crippen molar-refractivity contribution >= 4 is 6.29 Å². The molecule has 0 aliphatic rings. The minimum absolute atomic E-state index is 0.0758. The van der Waals surface area contributed by atoms with E-state index in [0.717, 1.165) is 18.3 Å². The summed E-state index contributed by atoms with van der Waals surface area (Å²) in [4.78, 5) is 15.0. The summed E-state index contributed by atoms with van der Waals surface area (Å²) >= 11 is 0. The first-order valence-corrected chi connectivity index (χ1v) is 5.29. The van der Waals surface area contributed by atoms with E-state index in [0.29, 0.717) is 12.3 Å². The van der Waals surface area contributed by atoms with Crippen molar-refractivity contribution in [3.05, 3.63) is 54.2 Å². The second-order valence-corrected chi connectivity index (χ2v) is 3.62. The lowest BCUT2D eigenvalue weighted by Gasteiger charge is -2.08. The van der Waals surface area contributed by atoms with Gasteiger partial charge in [-0.05, 0) is 12.0 Å². The Kier molecular flexibility index (Phi) is 3.49. The van der Waals surface area contributed by atoms with Crippen LogP contribution in [0.2, 0.25) is 0 Å². The van der Waals surface area contributed by atoms with Crippen molar-refractivity contribution in [1.29, 1.82) is 0 Å². The van der Waals surface area contributed by atoms with Gasteiger partial charge >= 0.3 is 0 Å². The quantitative estimate of drug-likeness (QED) is 0.720. The summed E-state index contributed by atoms with van der Waals surface area (Å²) in [6, 6.07) is 9.76. The molecule has 0 amide bonds. The summed E-state index contributed by atoms with van der Waals surface area (Å²) in [6.45, 7) is 0. The van der Waals surface area contributed by atoms with E-state index >= 15 is 0 Å². The third-order valence-electron chi connectivity index (χ3n) is 2.54. The number of oxazole rings is 1. The van der Waals surface area contributed by atoms with Gasteiger partial charge in [0.1, 0.15) is 12.5 Å². The average molecular weight is 215 g/mol. The van der Waals surface area contributed by atoms with E-state index in [1.54, 1.807) is 12.5 Å². The van der Waals surface area contributed by atoms with Gasteiger partial charge in [-0.3, -0.25) is 0 Å². The van der Waals surface area contributed by atoms with Gasteiger partial charge in [-0.1, -0.05) is 30.3 Å². The molecular formula is C13H13NO2. The number of carbonyl (C=O) groups excluding carboxylic acids is 1. The minimum atomic E-state index is -0.0758. The number of aromatic nitrogens is 1. The topological polar surface area (TPSA) is 43.1 Å². The number of nitrogens with zero attached hydrogens (tertiary/aromatic N) is 1. The monoisotopic (exact) mass is 215 g/mol. The number of aryl methyl sites for hydroxylation is 1. The number of hydrogen-bond donors (Lipinski definition) is 0. The van der Waals surface area contributed by atoms with Crippen molar-refractivity contribution in [3.8, 4) is 0 Å². The fourth-order valence-electron chi connectivity index (χ4n) is 1.67. The van der Waals surface area contributed by atoms with Gasteiger partial charge in [0.05, 0.1) is 6.20 Å². The Balaban J connectivity index is 1.99. The Bertz CT molecular complexity index is 422. The van der Waals surface area contributed by atoms with Crippen LogP contribution >= 0.6 is 0 Å². The molecular weight excluding hydrogens is 202 g/mol. The minimum Gasteiger partial charge on any atom is -0.449 e. The summed E-state index contributed by atoms with van der Waals surface area (Å²) in [7, 11) is 0. The molecule has 2 aromatic rings. The van der Waals surface area contributed by atoms with Crippen LogP contribution in [0.25, 0.3) is 0 Å². The number of hydrogen-bond acceptors (Lipinski definition) is 3. The number of aldehydes is 1.